The molecule has 0 bridgehead atoms. The number of alkyl halides is 2. The minimum absolute atomic E-state index is 0.170. The second-order valence-electron chi connectivity index (χ2n) is 9.10. The number of hydrogen-bond donors (Lipinski definition) is 0. The van der Waals surface area contributed by atoms with Crippen molar-refractivity contribution in [2.45, 2.75) is 90.3 Å². The first-order valence-corrected chi connectivity index (χ1v) is 11.4. The number of halogens is 4. The van der Waals surface area contributed by atoms with Crippen molar-refractivity contribution in [2.75, 3.05) is 6.61 Å². The van der Waals surface area contributed by atoms with E-state index in [1.165, 1.54) is 32.6 Å². The maximum atomic E-state index is 14.6. The summed E-state index contributed by atoms with van der Waals surface area (Å²) in [5.74, 6) is -2.24. The van der Waals surface area contributed by atoms with E-state index in [0.717, 1.165) is 31.6 Å². The maximum absolute atomic E-state index is 14.6. The van der Waals surface area contributed by atoms with Crippen LogP contribution in [-0.2, 0) is 4.74 Å². The Labute approximate surface area is 177 Å². The van der Waals surface area contributed by atoms with Crippen molar-refractivity contribution in [1.29, 1.82) is 0 Å². The van der Waals surface area contributed by atoms with Gasteiger partial charge in [-0.05, 0) is 63.7 Å². The van der Waals surface area contributed by atoms with Gasteiger partial charge in [0.2, 0.25) is 0 Å². The summed E-state index contributed by atoms with van der Waals surface area (Å²) in [6.45, 7) is 4.25. The molecule has 0 aromatic heterocycles. The SMILES string of the molecule is CCCCCC1CCC(C2CCC(C(F)(F)Oc3cc(F)c(C)c(F)c3)CC2)OC1. The normalized spacial score (nSPS) is 27.8. The smallest absolute Gasteiger partial charge is 0.400 e. The van der Waals surface area contributed by atoms with Crippen LogP contribution in [0.3, 0.4) is 0 Å². The molecule has 0 radical (unpaired) electrons. The van der Waals surface area contributed by atoms with Crippen molar-refractivity contribution >= 4 is 0 Å². The molecule has 1 aliphatic carbocycles. The summed E-state index contributed by atoms with van der Waals surface area (Å²) < 4.78 is 67.4. The molecule has 30 heavy (non-hydrogen) atoms. The molecule has 1 aliphatic heterocycles. The molecule has 2 fully saturated rings. The molecule has 170 valence electrons. The van der Waals surface area contributed by atoms with E-state index in [1.54, 1.807) is 0 Å². The summed E-state index contributed by atoms with van der Waals surface area (Å²) in [5.41, 5.74) is -0.203. The average Bonchev–Trinajstić information content (AvgIpc) is 2.72. The Morgan fingerprint density at radius 3 is 2.23 bits per heavy atom. The zero-order chi connectivity index (χ0) is 21.7. The monoisotopic (exact) mass is 430 g/mol. The van der Waals surface area contributed by atoms with Crippen LogP contribution in [0.1, 0.15) is 76.7 Å². The lowest BCUT2D eigenvalue weighted by Crippen LogP contribution is -2.40. The molecule has 0 spiro atoms. The maximum Gasteiger partial charge on any atom is 0.400 e. The van der Waals surface area contributed by atoms with E-state index in [1.807, 2.05) is 0 Å². The Morgan fingerprint density at radius 1 is 1.00 bits per heavy atom. The highest BCUT2D eigenvalue weighted by atomic mass is 19.3. The number of ether oxygens (including phenoxy) is 2. The molecular formula is C24H34F4O2. The molecule has 1 aromatic carbocycles. The quantitative estimate of drug-likeness (QED) is 0.315. The fourth-order valence-corrected chi connectivity index (χ4v) is 4.86. The largest absolute Gasteiger partial charge is 0.432 e. The van der Waals surface area contributed by atoms with E-state index >= 15 is 0 Å². The third-order valence-corrected chi connectivity index (χ3v) is 6.90. The summed E-state index contributed by atoms with van der Waals surface area (Å²) in [4.78, 5) is 0. The Hall–Kier alpha value is -1.30. The van der Waals surface area contributed by atoms with Crippen LogP contribution in [0, 0.1) is 36.3 Å². The number of hydrogen-bond acceptors (Lipinski definition) is 2. The van der Waals surface area contributed by atoms with Crippen LogP contribution >= 0.6 is 0 Å². The summed E-state index contributed by atoms with van der Waals surface area (Å²) in [6.07, 6.45) is 5.86. The van der Waals surface area contributed by atoms with Crippen molar-refractivity contribution in [3.8, 4) is 5.75 Å². The number of rotatable bonds is 8. The zero-order valence-corrected chi connectivity index (χ0v) is 18.1. The van der Waals surface area contributed by atoms with Gasteiger partial charge in [-0.3, -0.25) is 0 Å². The van der Waals surface area contributed by atoms with E-state index in [9.17, 15) is 17.6 Å². The van der Waals surface area contributed by atoms with Gasteiger partial charge in [0.1, 0.15) is 17.4 Å². The Bertz CT molecular complexity index is 655. The summed E-state index contributed by atoms with van der Waals surface area (Å²) in [6, 6.07) is 1.65. The van der Waals surface area contributed by atoms with Crippen LogP contribution < -0.4 is 4.74 Å². The molecule has 1 saturated heterocycles. The summed E-state index contributed by atoms with van der Waals surface area (Å²) >= 11 is 0. The van der Waals surface area contributed by atoms with Gasteiger partial charge in [-0.25, -0.2) is 8.78 Å². The van der Waals surface area contributed by atoms with Gasteiger partial charge in [0.05, 0.1) is 12.0 Å². The highest BCUT2D eigenvalue weighted by Crippen LogP contribution is 2.43. The molecule has 2 atom stereocenters. The molecule has 2 nitrogen and oxygen atoms in total. The number of unbranched alkanes of at least 4 members (excludes halogenated alkanes) is 2. The topological polar surface area (TPSA) is 18.5 Å². The van der Waals surface area contributed by atoms with Gasteiger partial charge >= 0.3 is 6.11 Å². The first-order valence-electron chi connectivity index (χ1n) is 11.4. The fraction of sp³-hybridized carbons (Fsp3) is 0.750. The van der Waals surface area contributed by atoms with Crippen molar-refractivity contribution in [3.05, 3.63) is 29.3 Å². The van der Waals surface area contributed by atoms with Crippen LogP contribution in [0.25, 0.3) is 0 Å². The van der Waals surface area contributed by atoms with Crippen molar-refractivity contribution in [1.82, 2.24) is 0 Å². The van der Waals surface area contributed by atoms with Gasteiger partial charge in [-0.1, -0.05) is 26.2 Å². The highest BCUT2D eigenvalue weighted by molar-refractivity contribution is 5.30. The molecule has 2 aliphatic rings. The Morgan fingerprint density at radius 2 is 1.67 bits per heavy atom. The first-order chi connectivity index (χ1) is 14.3. The van der Waals surface area contributed by atoms with E-state index in [-0.39, 0.29) is 11.7 Å². The van der Waals surface area contributed by atoms with E-state index in [0.29, 0.717) is 37.5 Å². The predicted molar refractivity (Wildman–Crippen MR) is 109 cm³/mol. The minimum atomic E-state index is -3.45. The summed E-state index contributed by atoms with van der Waals surface area (Å²) in [7, 11) is 0. The predicted octanol–water partition coefficient (Wildman–Crippen LogP) is 7.43. The molecule has 2 unspecified atom stereocenters. The molecule has 0 amide bonds. The lowest BCUT2D eigenvalue weighted by molar-refractivity contribution is -0.225. The van der Waals surface area contributed by atoms with Crippen molar-refractivity contribution < 1.29 is 27.0 Å². The van der Waals surface area contributed by atoms with Gasteiger partial charge in [0, 0.05) is 24.3 Å². The molecule has 3 rings (SSSR count). The van der Waals surface area contributed by atoms with Crippen LogP contribution in [0.5, 0.6) is 5.75 Å². The van der Waals surface area contributed by atoms with Crippen molar-refractivity contribution in [3.63, 3.8) is 0 Å². The van der Waals surface area contributed by atoms with Gasteiger partial charge in [0.15, 0.2) is 0 Å². The van der Waals surface area contributed by atoms with E-state index in [4.69, 9.17) is 9.47 Å². The fourth-order valence-electron chi connectivity index (χ4n) is 4.86. The molecule has 0 N–H and O–H groups in total. The minimum Gasteiger partial charge on any atom is -0.432 e. The van der Waals surface area contributed by atoms with Crippen LogP contribution in [0.15, 0.2) is 12.1 Å². The third kappa shape index (κ3) is 5.89. The second-order valence-corrected chi connectivity index (χ2v) is 9.10. The van der Waals surface area contributed by atoms with Crippen molar-refractivity contribution in [2.24, 2.45) is 17.8 Å². The average molecular weight is 431 g/mol. The van der Waals surface area contributed by atoms with Gasteiger partial charge in [0.25, 0.3) is 0 Å². The molecule has 1 saturated carbocycles. The van der Waals surface area contributed by atoms with Crippen LogP contribution in [0.4, 0.5) is 17.6 Å². The summed E-state index contributed by atoms with van der Waals surface area (Å²) in [5, 5.41) is 0. The second kappa shape index (κ2) is 10.3. The van der Waals surface area contributed by atoms with Crippen LogP contribution in [-0.4, -0.2) is 18.8 Å². The van der Waals surface area contributed by atoms with E-state index in [2.05, 4.69) is 6.92 Å². The van der Waals surface area contributed by atoms with Gasteiger partial charge in [-0.2, -0.15) is 8.78 Å². The molecule has 1 heterocycles. The molecular weight excluding hydrogens is 396 g/mol. The highest BCUT2D eigenvalue weighted by Gasteiger charge is 2.45. The lowest BCUT2D eigenvalue weighted by atomic mass is 9.76. The van der Waals surface area contributed by atoms with Gasteiger partial charge in [-0.15, -0.1) is 0 Å². The lowest BCUT2D eigenvalue weighted by Gasteiger charge is -2.39. The third-order valence-electron chi connectivity index (χ3n) is 6.90. The van der Waals surface area contributed by atoms with Crippen LogP contribution in [0.2, 0.25) is 0 Å². The first kappa shape index (κ1) is 23.4. The standard InChI is InChI=1S/C24H34F4O2/c1-3-4-5-6-17-7-12-23(29-15-17)18-8-10-19(11-9-18)24(27,28)30-20-13-21(25)16(2)22(26)14-20/h13-14,17-19,23H,3-12,15H2,1-2H3. The zero-order valence-electron chi connectivity index (χ0n) is 18.1. The van der Waals surface area contributed by atoms with Gasteiger partial charge < -0.3 is 9.47 Å². The Kier molecular flexibility index (Phi) is 8.05. The number of benzene rings is 1. The van der Waals surface area contributed by atoms with E-state index < -0.39 is 29.4 Å². The molecule has 6 heteroatoms. The Balaban J connectivity index is 1.47. The molecule has 1 aromatic rings.